The van der Waals surface area contributed by atoms with E-state index in [0.29, 0.717) is 0 Å². The summed E-state index contributed by atoms with van der Waals surface area (Å²) in [7, 11) is 7.99. The van der Waals surface area contributed by atoms with E-state index in [9.17, 15) is 4.79 Å². The minimum atomic E-state index is -0.296. The molecule has 0 atom stereocenters. The van der Waals surface area contributed by atoms with Crippen LogP contribution in [0.2, 0.25) is 0 Å². The van der Waals surface area contributed by atoms with Crippen LogP contribution in [0.25, 0.3) is 0 Å². The van der Waals surface area contributed by atoms with Gasteiger partial charge in [-0.3, -0.25) is 4.79 Å². The maximum atomic E-state index is 11.1. The maximum Gasteiger partial charge on any atom is 0.244 e. The van der Waals surface area contributed by atoms with Crippen molar-refractivity contribution in [3.63, 3.8) is 0 Å². The van der Waals surface area contributed by atoms with E-state index >= 15 is 0 Å². The first kappa shape index (κ1) is 14.1. The van der Waals surface area contributed by atoms with Crippen molar-refractivity contribution in [3.05, 3.63) is 11.6 Å². The van der Waals surface area contributed by atoms with E-state index in [0.717, 1.165) is 31.5 Å². The van der Waals surface area contributed by atoms with Crippen molar-refractivity contribution in [2.75, 3.05) is 41.3 Å². The Balaban J connectivity index is 4.08. The molecule has 0 bridgehead atoms. The molecule has 0 rings (SSSR count). The molecule has 4 nitrogen and oxygen atoms in total. The molecule has 0 aliphatic carbocycles. The predicted molar refractivity (Wildman–Crippen MR) is 63.6 cm³/mol. The molecule has 0 aliphatic heterocycles. The van der Waals surface area contributed by atoms with E-state index in [4.69, 9.17) is 5.73 Å². The second-order valence-corrected chi connectivity index (χ2v) is 4.24. The number of carbonyl (C=O) groups is 1. The summed E-state index contributed by atoms with van der Waals surface area (Å²) in [5, 5.41) is 0. The Kier molecular flexibility index (Phi) is 6.99. The van der Waals surface area contributed by atoms with E-state index in [1.165, 1.54) is 0 Å². The number of carbonyl (C=O) groups excluding carboxylic acids is 1. The number of nitrogens with zero attached hydrogens (tertiary/aromatic N) is 2. The van der Waals surface area contributed by atoms with Gasteiger partial charge < -0.3 is 15.5 Å². The van der Waals surface area contributed by atoms with Crippen molar-refractivity contribution in [1.29, 1.82) is 0 Å². The summed E-state index contributed by atoms with van der Waals surface area (Å²) in [5.74, 6) is -0.296. The van der Waals surface area contributed by atoms with Gasteiger partial charge in [-0.15, -0.1) is 0 Å². The number of hydrogen-bond acceptors (Lipinski definition) is 3. The van der Waals surface area contributed by atoms with Gasteiger partial charge in [-0.25, -0.2) is 0 Å². The Morgan fingerprint density at radius 1 is 1.13 bits per heavy atom. The molecule has 88 valence electrons. The predicted octanol–water partition coefficient (Wildman–Crippen LogP) is 0.302. The first-order valence-corrected chi connectivity index (χ1v) is 5.21. The van der Waals surface area contributed by atoms with E-state index in [1.54, 1.807) is 0 Å². The summed E-state index contributed by atoms with van der Waals surface area (Å²) in [6.45, 7) is 1.80. The Morgan fingerprint density at radius 3 is 2.07 bits per heavy atom. The molecule has 0 aromatic carbocycles. The summed E-state index contributed by atoms with van der Waals surface area (Å²) >= 11 is 0. The molecule has 0 heterocycles. The fourth-order valence-corrected chi connectivity index (χ4v) is 1.17. The minimum Gasteiger partial charge on any atom is -0.366 e. The third-order valence-electron chi connectivity index (χ3n) is 2.11. The molecule has 2 N–H and O–H groups in total. The molecule has 0 radical (unpaired) electrons. The molecule has 0 saturated carbocycles. The van der Waals surface area contributed by atoms with Gasteiger partial charge in [0.2, 0.25) is 5.91 Å². The zero-order chi connectivity index (χ0) is 11.8. The van der Waals surface area contributed by atoms with Gasteiger partial charge in [-0.2, -0.15) is 0 Å². The van der Waals surface area contributed by atoms with Crippen molar-refractivity contribution in [2.45, 2.75) is 12.8 Å². The number of amides is 1. The number of hydrogen-bond donors (Lipinski definition) is 1. The third kappa shape index (κ3) is 8.15. The van der Waals surface area contributed by atoms with Gasteiger partial charge in [-0.05, 0) is 41.0 Å². The molecule has 0 fully saturated rings. The molecular weight excluding hydrogens is 190 g/mol. The molecule has 0 aromatic heterocycles. The van der Waals surface area contributed by atoms with Crippen molar-refractivity contribution in [2.24, 2.45) is 5.73 Å². The van der Waals surface area contributed by atoms with E-state index in [1.807, 2.05) is 39.2 Å². The zero-order valence-corrected chi connectivity index (χ0v) is 10.3. The van der Waals surface area contributed by atoms with Gasteiger partial charge in [0.1, 0.15) is 0 Å². The highest BCUT2D eigenvalue weighted by Gasteiger charge is 2.04. The van der Waals surface area contributed by atoms with Crippen molar-refractivity contribution >= 4 is 5.91 Å². The van der Waals surface area contributed by atoms with Gasteiger partial charge in [-0.1, -0.05) is 6.08 Å². The SMILES string of the molecule is CN(C)CCC=C(CCN(C)C)C(N)=O. The van der Waals surface area contributed by atoms with Crippen LogP contribution in [-0.2, 0) is 4.79 Å². The normalized spacial score (nSPS) is 12.5. The fourth-order valence-electron chi connectivity index (χ4n) is 1.17. The molecule has 0 spiro atoms. The van der Waals surface area contributed by atoms with Gasteiger partial charge in [0.25, 0.3) is 0 Å². The summed E-state index contributed by atoms with van der Waals surface area (Å²) < 4.78 is 0. The lowest BCUT2D eigenvalue weighted by Gasteiger charge is -2.11. The average Bonchev–Trinajstić information content (AvgIpc) is 2.09. The molecule has 4 heteroatoms. The molecule has 1 amide bonds. The average molecular weight is 213 g/mol. The van der Waals surface area contributed by atoms with Gasteiger partial charge in [0.05, 0.1) is 0 Å². The quantitative estimate of drug-likeness (QED) is 0.619. The van der Waals surface area contributed by atoms with Crippen molar-refractivity contribution in [3.8, 4) is 0 Å². The van der Waals surface area contributed by atoms with Crippen molar-refractivity contribution in [1.82, 2.24) is 9.80 Å². The van der Waals surface area contributed by atoms with E-state index < -0.39 is 0 Å². The minimum absolute atomic E-state index is 0.296. The van der Waals surface area contributed by atoms with Gasteiger partial charge in [0, 0.05) is 18.7 Å². The van der Waals surface area contributed by atoms with Crippen molar-refractivity contribution < 1.29 is 4.79 Å². The number of primary amides is 1. The van der Waals surface area contributed by atoms with Gasteiger partial charge in [0.15, 0.2) is 0 Å². The van der Waals surface area contributed by atoms with Crippen LogP contribution >= 0.6 is 0 Å². The summed E-state index contributed by atoms with van der Waals surface area (Å²) in [6.07, 6.45) is 3.56. The fraction of sp³-hybridized carbons (Fsp3) is 0.727. The van der Waals surface area contributed by atoms with Crippen LogP contribution in [0.3, 0.4) is 0 Å². The first-order chi connectivity index (χ1) is 6.93. The number of nitrogens with two attached hydrogens (primary N) is 1. The lowest BCUT2D eigenvalue weighted by molar-refractivity contribution is -0.114. The molecule has 0 saturated heterocycles. The summed E-state index contributed by atoms with van der Waals surface area (Å²) in [5.41, 5.74) is 6.04. The third-order valence-corrected chi connectivity index (χ3v) is 2.11. The lowest BCUT2D eigenvalue weighted by atomic mass is 10.1. The Labute approximate surface area is 92.7 Å². The van der Waals surface area contributed by atoms with E-state index in [2.05, 4.69) is 4.90 Å². The standard InChI is InChI=1S/C11H23N3O/c1-13(2)8-5-6-10(11(12)15)7-9-14(3)4/h6H,5,7-9H2,1-4H3,(H2,12,15). The highest BCUT2D eigenvalue weighted by atomic mass is 16.1. The maximum absolute atomic E-state index is 11.1. The van der Waals surface area contributed by atoms with Crippen LogP contribution in [0, 0.1) is 0 Å². The van der Waals surface area contributed by atoms with Gasteiger partial charge >= 0.3 is 0 Å². The van der Waals surface area contributed by atoms with Crippen LogP contribution in [0.4, 0.5) is 0 Å². The monoisotopic (exact) mass is 213 g/mol. The Hall–Kier alpha value is -0.870. The van der Waals surface area contributed by atoms with Crippen LogP contribution in [0.1, 0.15) is 12.8 Å². The van der Waals surface area contributed by atoms with Crippen LogP contribution in [0.5, 0.6) is 0 Å². The summed E-state index contributed by atoms with van der Waals surface area (Å²) in [4.78, 5) is 15.2. The Bertz CT molecular complexity index is 222. The zero-order valence-electron chi connectivity index (χ0n) is 10.3. The second-order valence-electron chi connectivity index (χ2n) is 4.24. The smallest absolute Gasteiger partial charge is 0.244 e. The molecule has 0 aromatic rings. The van der Waals surface area contributed by atoms with Crippen LogP contribution < -0.4 is 5.73 Å². The largest absolute Gasteiger partial charge is 0.366 e. The Morgan fingerprint density at radius 2 is 1.67 bits per heavy atom. The lowest BCUT2D eigenvalue weighted by Crippen LogP contribution is -2.20. The first-order valence-electron chi connectivity index (χ1n) is 5.21. The summed E-state index contributed by atoms with van der Waals surface area (Å²) in [6, 6.07) is 0. The molecule has 0 aliphatic rings. The highest BCUT2D eigenvalue weighted by molar-refractivity contribution is 5.91. The molecular formula is C11H23N3O. The van der Waals surface area contributed by atoms with Crippen LogP contribution in [0.15, 0.2) is 11.6 Å². The molecule has 0 unspecified atom stereocenters. The molecule has 15 heavy (non-hydrogen) atoms. The van der Waals surface area contributed by atoms with Crippen LogP contribution in [-0.4, -0.2) is 57.0 Å². The topological polar surface area (TPSA) is 49.6 Å². The highest BCUT2D eigenvalue weighted by Crippen LogP contribution is 2.03. The number of rotatable bonds is 7. The second kappa shape index (κ2) is 7.43. The van der Waals surface area contributed by atoms with E-state index in [-0.39, 0.29) is 5.91 Å².